The average molecular weight is 237 g/mol. The fraction of sp³-hybridized carbons (Fsp3) is 0.385. The Kier molecular flexibility index (Phi) is 3.22. The van der Waals surface area contributed by atoms with Crippen molar-refractivity contribution < 1.29 is 0 Å². The molecule has 0 aliphatic heterocycles. The third-order valence-corrected chi connectivity index (χ3v) is 3.41. The third-order valence-electron chi connectivity index (χ3n) is 3.17. The van der Waals surface area contributed by atoms with Crippen molar-refractivity contribution >= 4 is 22.5 Å². The summed E-state index contributed by atoms with van der Waals surface area (Å²) in [5.74, 6) is 0. The van der Waals surface area contributed by atoms with Gasteiger partial charge in [0.05, 0.1) is 0 Å². The van der Waals surface area contributed by atoms with Gasteiger partial charge in [-0.05, 0) is 37.7 Å². The summed E-state index contributed by atoms with van der Waals surface area (Å²) >= 11 is 6.03. The molecule has 0 amide bonds. The molecule has 0 saturated carbocycles. The summed E-state index contributed by atoms with van der Waals surface area (Å²) in [6, 6.07) is 6.09. The Morgan fingerprint density at radius 3 is 2.81 bits per heavy atom. The number of nitrogens with zero attached hydrogens (tertiary/aromatic N) is 1. The number of rotatable bonds is 3. The fourth-order valence-electron chi connectivity index (χ4n) is 2.25. The predicted molar refractivity (Wildman–Crippen MR) is 70.3 cm³/mol. The molecule has 3 heteroatoms. The van der Waals surface area contributed by atoms with Crippen molar-refractivity contribution in [1.82, 2.24) is 9.88 Å². The zero-order valence-corrected chi connectivity index (χ0v) is 10.7. The van der Waals surface area contributed by atoms with Crippen LogP contribution < -0.4 is 5.32 Å². The van der Waals surface area contributed by atoms with Crippen molar-refractivity contribution in [2.75, 3.05) is 13.6 Å². The maximum absolute atomic E-state index is 6.03. The largest absolute Gasteiger partial charge is 0.347 e. The molecule has 0 aliphatic rings. The van der Waals surface area contributed by atoms with Crippen LogP contribution in [-0.4, -0.2) is 18.2 Å². The minimum Gasteiger partial charge on any atom is -0.347 e. The van der Waals surface area contributed by atoms with Crippen molar-refractivity contribution in [3.05, 3.63) is 34.5 Å². The van der Waals surface area contributed by atoms with Crippen LogP contribution in [0.5, 0.6) is 0 Å². The number of aryl methyl sites for hydroxylation is 2. The van der Waals surface area contributed by atoms with Gasteiger partial charge in [-0.15, -0.1) is 0 Å². The first-order valence-corrected chi connectivity index (χ1v) is 5.91. The third kappa shape index (κ3) is 1.83. The second-order valence-electron chi connectivity index (χ2n) is 4.15. The van der Waals surface area contributed by atoms with E-state index >= 15 is 0 Å². The Balaban J connectivity index is 2.57. The number of benzene rings is 1. The second-order valence-corrected chi connectivity index (χ2v) is 4.58. The topological polar surface area (TPSA) is 17.0 Å². The molecule has 2 nitrogen and oxygen atoms in total. The van der Waals surface area contributed by atoms with Gasteiger partial charge >= 0.3 is 0 Å². The zero-order chi connectivity index (χ0) is 11.7. The van der Waals surface area contributed by atoms with Gasteiger partial charge in [0.2, 0.25) is 0 Å². The molecular weight excluding hydrogens is 220 g/mol. The number of fused-ring (bicyclic) bond motifs is 1. The van der Waals surface area contributed by atoms with Gasteiger partial charge in [0.15, 0.2) is 0 Å². The number of aromatic nitrogens is 1. The summed E-state index contributed by atoms with van der Waals surface area (Å²) < 4.78 is 2.26. The van der Waals surface area contributed by atoms with Gasteiger partial charge in [0.25, 0.3) is 0 Å². The summed E-state index contributed by atoms with van der Waals surface area (Å²) in [5.41, 5.74) is 3.98. The highest BCUT2D eigenvalue weighted by molar-refractivity contribution is 6.31. The number of likely N-dealkylation sites (N-methyl/N-ethyl adjacent to an activating group) is 1. The van der Waals surface area contributed by atoms with Crippen LogP contribution in [0.2, 0.25) is 5.02 Å². The van der Waals surface area contributed by atoms with Gasteiger partial charge in [-0.25, -0.2) is 0 Å². The van der Waals surface area contributed by atoms with Crippen LogP contribution in [0.15, 0.2) is 18.2 Å². The Labute approximate surface area is 101 Å². The van der Waals surface area contributed by atoms with Crippen molar-refractivity contribution in [3.63, 3.8) is 0 Å². The molecule has 1 heterocycles. The molecule has 2 aromatic rings. The van der Waals surface area contributed by atoms with E-state index in [4.69, 9.17) is 11.6 Å². The van der Waals surface area contributed by atoms with Crippen molar-refractivity contribution in [2.45, 2.75) is 13.3 Å². The Morgan fingerprint density at radius 1 is 1.38 bits per heavy atom. The van der Waals surface area contributed by atoms with E-state index in [1.807, 2.05) is 13.1 Å². The van der Waals surface area contributed by atoms with E-state index in [-0.39, 0.29) is 0 Å². The highest BCUT2D eigenvalue weighted by Gasteiger charge is 2.11. The minimum absolute atomic E-state index is 0.807. The SMILES string of the molecule is CNCCc1c(C)c2cc(Cl)ccc2n1C. The van der Waals surface area contributed by atoms with E-state index in [0.29, 0.717) is 0 Å². The zero-order valence-electron chi connectivity index (χ0n) is 9.97. The molecule has 0 atom stereocenters. The van der Waals surface area contributed by atoms with E-state index in [2.05, 4.69) is 36.0 Å². The number of hydrogen-bond acceptors (Lipinski definition) is 1. The lowest BCUT2D eigenvalue weighted by Crippen LogP contribution is -2.12. The number of halogens is 1. The first kappa shape index (κ1) is 11.5. The van der Waals surface area contributed by atoms with Crippen LogP contribution in [0.3, 0.4) is 0 Å². The molecule has 0 spiro atoms. The van der Waals surface area contributed by atoms with E-state index in [1.54, 1.807) is 0 Å². The van der Waals surface area contributed by atoms with Crippen LogP contribution in [0.1, 0.15) is 11.3 Å². The molecule has 0 unspecified atom stereocenters. The molecule has 0 fully saturated rings. The summed E-state index contributed by atoms with van der Waals surface area (Å²) in [4.78, 5) is 0. The van der Waals surface area contributed by atoms with E-state index < -0.39 is 0 Å². The highest BCUT2D eigenvalue weighted by Crippen LogP contribution is 2.27. The highest BCUT2D eigenvalue weighted by atomic mass is 35.5. The van der Waals surface area contributed by atoms with Gasteiger partial charge in [0, 0.05) is 41.6 Å². The Hall–Kier alpha value is -0.990. The lowest BCUT2D eigenvalue weighted by Gasteiger charge is -2.04. The fourth-order valence-corrected chi connectivity index (χ4v) is 2.42. The second kappa shape index (κ2) is 4.48. The molecule has 86 valence electrons. The molecular formula is C13H17ClN2. The van der Waals surface area contributed by atoms with Gasteiger partial charge in [-0.3, -0.25) is 0 Å². The Morgan fingerprint density at radius 2 is 2.12 bits per heavy atom. The van der Waals surface area contributed by atoms with Crippen LogP contribution in [-0.2, 0) is 13.5 Å². The molecule has 0 saturated heterocycles. The van der Waals surface area contributed by atoms with Crippen LogP contribution in [0.25, 0.3) is 10.9 Å². The van der Waals surface area contributed by atoms with E-state index in [9.17, 15) is 0 Å². The van der Waals surface area contributed by atoms with Gasteiger partial charge in [0.1, 0.15) is 0 Å². The summed E-state index contributed by atoms with van der Waals surface area (Å²) in [5, 5.41) is 5.26. The van der Waals surface area contributed by atoms with E-state index in [1.165, 1.54) is 22.2 Å². The maximum atomic E-state index is 6.03. The lowest BCUT2D eigenvalue weighted by molar-refractivity contribution is 0.742. The lowest BCUT2D eigenvalue weighted by atomic mass is 10.1. The van der Waals surface area contributed by atoms with Crippen LogP contribution in [0, 0.1) is 6.92 Å². The summed E-state index contributed by atoms with van der Waals surface area (Å²) in [6.45, 7) is 3.17. The van der Waals surface area contributed by atoms with Crippen LogP contribution in [0.4, 0.5) is 0 Å². The van der Waals surface area contributed by atoms with Gasteiger partial charge < -0.3 is 9.88 Å². The van der Waals surface area contributed by atoms with Crippen molar-refractivity contribution in [1.29, 1.82) is 0 Å². The van der Waals surface area contributed by atoms with Crippen molar-refractivity contribution in [3.8, 4) is 0 Å². The molecule has 0 bridgehead atoms. The molecule has 0 radical (unpaired) electrons. The number of nitrogens with one attached hydrogen (secondary N) is 1. The molecule has 1 N–H and O–H groups in total. The minimum atomic E-state index is 0.807. The quantitative estimate of drug-likeness (QED) is 0.867. The van der Waals surface area contributed by atoms with E-state index in [0.717, 1.165) is 18.0 Å². The molecule has 1 aromatic heterocycles. The summed E-state index contributed by atoms with van der Waals surface area (Å²) in [6.07, 6.45) is 1.05. The van der Waals surface area contributed by atoms with Gasteiger partial charge in [-0.1, -0.05) is 11.6 Å². The van der Waals surface area contributed by atoms with Crippen LogP contribution >= 0.6 is 11.6 Å². The first-order chi connectivity index (χ1) is 7.65. The van der Waals surface area contributed by atoms with Gasteiger partial charge in [-0.2, -0.15) is 0 Å². The summed E-state index contributed by atoms with van der Waals surface area (Å²) in [7, 11) is 4.10. The first-order valence-electron chi connectivity index (χ1n) is 5.53. The normalized spacial score (nSPS) is 11.2. The predicted octanol–water partition coefficient (Wildman–Crippen LogP) is 2.90. The standard InChI is InChI=1S/C13H17ClN2/c1-9-11-8-10(14)4-5-13(11)16(3)12(9)6-7-15-2/h4-5,8,15H,6-7H2,1-3H3. The molecule has 1 aromatic carbocycles. The molecule has 2 rings (SSSR count). The monoisotopic (exact) mass is 236 g/mol. The maximum Gasteiger partial charge on any atom is 0.0483 e. The van der Waals surface area contributed by atoms with Crippen molar-refractivity contribution in [2.24, 2.45) is 7.05 Å². The average Bonchev–Trinajstić information content (AvgIpc) is 2.50. The Bertz CT molecular complexity index is 514. The smallest absolute Gasteiger partial charge is 0.0483 e. The number of hydrogen-bond donors (Lipinski definition) is 1. The molecule has 0 aliphatic carbocycles. The molecule has 16 heavy (non-hydrogen) atoms.